The van der Waals surface area contributed by atoms with Crippen LogP contribution in [0, 0.1) is 6.92 Å². The molecule has 5 nitrogen and oxygen atoms in total. The highest BCUT2D eigenvalue weighted by Crippen LogP contribution is 2.29. The van der Waals surface area contributed by atoms with Crippen molar-refractivity contribution in [2.45, 2.75) is 6.92 Å². The SMILES string of the molecule is Cc1ccccc1NCC(=O)N/N=C\c1cc(O)c(Br)cc1Br. The number of phenols is 1. The van der Waals surface area contributed by atoms with Gasteiger partial charge in [0.2, 0.25) is 0 Å². The van der Waals surface area contributed by atoms with Crippen LogP contribution in [0.1, 0.15) is 11.1 Å². The third kappa shape index (κ3) is 5.07. The van der Waals surface area contributed by atoms with E-state index in [1.165, 1.54) is 12.3 Å². The summed E-state index contributed by atoms with van der Waals surface area (Å²) >= 11 is 6.58. The monoisotopic (exact) mass is 439 g/mol. The highest BCUT2D eigenvalue weighted by molar-refractivity contribution is 9.11. The van der Waals surface area contributed by atoms with Gasteiger partial charge in [-0.25, -0.2) is 5.43 Å². The summed E-state index contributed by atoms with van der Waals surface area (Å²) in [5, 5.41) is 16.6. The summed E-state index contributed by atoms with van der Waals surface area (Å²) in [4.78, 5) is 11.8. The fourth-order valence-corrected chi connectivity index (χ4v) is 2.91. The number of halogens is 2. The van der Waals surface area contributed by atoms with Gasteiger partial charge < -0.3 is 10.4 Å². The third-order valence-corrected chi connectivity index (χ3v) is 4.37. The fraction of sp³-hybridized carbons (Fsp3) is 0.125. The van der Waals surface area contributed by atoms with E-state index in [0.717, 1.165) is 15.7 Å². The van der Waals surface area contributed by atoms with Crippen molar-refractivity contribution in [3.63, 3.8) is 0 Å². The van der Waals surface area contributed by atoms with Crippen LogP contribution in [0.2, 0.25) is 0 Å². The highest BCUT2D eigenvalue weighted by Gasteiger charge is 2.05. The molecule has 0 aliphatic heterocycles. The Labute approximate surface area is 151 Å². The number of para-hydroxylation sites is 1. The zero-order chi connectivity index (χ0) is 16.8. The van der Waals surface area contributed by atoms with Crippen molar-refractivity contribution >= 4 is 49.7 Å². The average molecular weight is 441 g/mol. The number of nitrogens with zero attached hydrogens (tertiary/aromatic N) is 1. The van der Waals surface area contributed by atoms with Gasteiger partial charge in [-0.15, -0.1) is 0 Å². The highest BCUT2D eigenvalue weighted by atomic mass is 79.9. The lowest BCUT2D eigenvalue weighted by atomic mass is 10.2. The van der Waals surface area contributed by atoms with Gasteiger partial charge in [-0.2, -0.15) is 5.10 Å². The molecule has 1 amide bonds. The molecule has 2 aromatic carbocycles. The summed E-state index contributed by atoms with van der Waals surface area (Å²) in [6, 6.07) is 11.0. The van der Waals surface area contributed by atoms with E-state index in [0.29, 0.717) is 10.0 Å². The van der Waals surface area contributed by atoms with Crippen LogP contribution in [0.5, 0.6) is 5.75 Å². The Kier molecular flexibility index (Phi) is 6.18. The van der Waals surface area contributed by atoms with Crippen LogP contribution in [0.4, 0.5) is 5.69 Å². The molecule has 0 heterocycles. The molecule has 0 aliphatic carbocycles. The second kappa shape index (κ2) is 8.12. The van der Waals surface area contributed by atoms with Crippen molar-refractivity contribution in [1.82, 2.24) is 5.43 Å². The van der Waals surface area contributed by atoms with E-state index >= 15 is 0 Å². The van der Waals surface area contributed by atoms with Crippen molar-refractivity contribution in [3.8, 4) is 5.75 Å². The quantitative estimate of drug-likeness (QED) is 0.489. The van der Waals surface area contributed by atoms with Gasteiger partial charge in [-0.3, -0.25) is 4.79 Å². The molecule has 0 radical (unpaired) electrons. The summed E-state index contributed by atoms with van der Waals surface area (Å²) < 4.78 is 1.33. The molecule has 2 aromatic rings. The van der Waals surface area contributed by atoms with Crippen LogP contribution >= 0.6 is 31.9 Å². The van der Waals surface area contributed by atoms with E-state index in [9.17, 15) is 9.90 Å². The molecule has 7 heteroatoms. The number of anilines is 1. The number of benzene rings is 2. The Morgan fingerprint density at radius 2 is 2.00 bits per heavy atom. The van der Waals surface area contributed by atoms with E-state index in [-0.39, 0.29) is 18.2 Å². The predicted octanol–water partition coefficient (Wildman–Crippen LogP) is 3.79. The first-order valence-corrected chi connectivity index (χ1v) is 8.35. The van der Waals surface area contributed by atoms with Gasteiger partial charge in [0, 0.05) is 15.7 Å². The van der Waals surface area contributed by atoms with E-state index in [4.69, 9.17) is 0 Å². The largest absolute Gasteiger partial charge is 0.507 e. The minimum absolute atomic E-state index is 0.0993. The smallest absolute Gasteiger partial charge is 0.259 e. The fourth-order valence-electron chi connectivity index (χ4n) is 1.81. The number of amides is 1. The first-order valence-electron chi connectivity index (χ1n) is 6.77. The first-order chi connectivity index (χ1) is 11.0. The van der Waals surface area contributed by atoms with Gasteiger partial charge in [0.05, 0.1) is 17.2 Å². The number of nitrogens with one attached hydrogen (secondary N) is 2. The molecule has 23 heavy (non-hydrogen) atoms. The molecule has 0 aromatic heterocycles. The second-order valence-corrected chi connectivity index (χ2v) is 6.50. The van der Waals surface area contributed by atoms with Crippen LogP contribution < -0.4 is 10.7 Å². The Bertz CT molecular complexity index is 748. The summed E-state index contributed by atoms with van der Waals surface area (Å²) in [5.74, 6) is -0.163. The molecule has 0 saturated carbocycles. The maximum Gasteiger partial charge on any atom is 0.259 e. The number of phenolic OH excluding ortho intramolecular Hbond substituents is 1. The molecule has 3 N–H and O–H groups in total. The van der Waals surface area contributed by atoms with Gasteiger partial charge in [-0.05, 0) is 46.6 Å². The molecule has 2 rings (SSSR count). The van der Waals surface area contributed by atoms with Gasteiger partial charge >= 0.3 is 0 Å². The van der Waals surface area contributed by atoms with Crippen molar-refractivity contribution < 1.29 is 9.90 Å². The lowest BCUT2D eigenvalue weighted by Crippen LogP contribution is -2.26. The van der Waals surface area contributed by atoms with E-state index in [2.05, 4.69) is 47.7 Å². The number of rotatable bonds is 5. The molecule has 0 spiro atoms. The molecule has 0 saturated heterocycles. The van der Waals surface area contributed by atoms with Gasteiger partial charge in [0.1, 0.15) is 5.75 Å². The molecule has 0 aliphatic rings. The molecule has 0 bridgehead atoms. The van der Waals surface area contributed by atoms with E-state index in [1.807, 2.05) is 31.2 Å². The van der Waals surface area contributed by atoms with Crippen LogP contribution in [0.3, 0.4) is 0 Å². The van der Waals surface area contributed by atoms with Crippen molar-refractivity contribution in [2.24, 2.45) is 5.10 Å². The molecule has 0 fully saturated rings. The maximum absolute atomic E-state index is 11.8. The van der Waals surface area contributed by atoms with Gasteiger partial charge in [-0.1, -0.05) is 34.1 Å². The van der Waals surface area contributed by atoms with Crippen LogP contribution in [0.15, 0.2) is 50.4 Å². The zero-order valence-electron chi connectivity index (χ0n) is 12.3. The number of hydrogen-bond acceptors (Lipinski definition) is 4. The number of aromatic hydroxyl groups is 1. The molecule has 0 unspecified atom stereocenters. The van der Waals surface area contributed by atoms with Crippen LogP contribution in [-0.4, -0.2) is 23.8 Å². The summed E-state index contributed by atoms with van der Waals surface area (Å²) in [5.41, 5.74) is 5.06. The number of carbonyl (C=O) groups excluding carboxylic acids is 1. The molecular weight excluding hydrogens is 426 g/mol. The van der Waals surface area contributed by atoms with Crippen LogP contribution in [-0.2, 0) is 4.79 Å². The van der Waals surface area contributed by atoms with Gasteiger partial charge in [0.15, 0.2) is 0 Å². The number of hydrazone groups is 1. The Morgan fingerprint density at radius 3 is 2.74 bits per heavy atom. The predicted molar refractivity (Wildman–Crippen MR) is 98.9 cm³/mol. The number of hydrogen-bond donors (Lipinski definition) is 3. The molecule has 120 valence electrons. The third-order valence-electron chi connectivity index (χ3n) is 3.04. The number of carbonyl (C=O) groups is 1. The maximum atomic E-state index is 11.8. The van der Waals surface area contributed by atoms with E-state index < -0.39 is 0 Å². The molecular formula is C16H15Br2N3O2. The summed E-state index contributed by atoms with van der Waals surface area (Å²) in [7, 11) is 0. The van der Waals surface area contributed by atoms with Gasteiger partial charge in [0.25, 0.3) is 5.91 Å². The summed E-state index contributed by atoms with van der Waals surface area (Å²) in [6.07, 6.45) is 1.46. The lowest BCUT2D eigenvalue weighted by Gasteiger charge is -2.08. The minimum Gasteiger partial charge on any atom is -0.507 e. The average Bonchev–Trinajstić information content (AvgIpc) is 2.51. The Balaban J connectivity index is 1.89. The van der Waals surface area contributed by atoms with Crippen molar-refractivity contribution in [1.29, 1.82) is 0 Å². The second-order valence-electron chi connectivity index (χ2n) is 4.79. The normalized spacial score (nSPS) is 10.7. The zero-order valence-corrected chi connectivity index (χ0v) is 15.5. The Hall–Kier alpha value is -1.86. The topological polar surface area (TPSA) is 73.7 Å². The molecule has 0 atom stereocenters. The van der Waals surface area contributed by atoms with E-state index in [1.54, 1.807) is 6.07 Å². The summed E-state index contributed by atoms with van der Waals surface area (Å²) in [6.45, 7) is 2.09. The standard InChI is InChI=1S/C16H15Br2N3O2/c1-10-4-2-3-5-14(10)19-9-16(23)21-20-8-11-6-15(22)13(18)7-12(11)17/h2-8,19,22H,9H2,1H3,(H,21,23)/b20-8-. The lowest BCUT2D eigenvalue weighted by molar-refractivity contribution is -0.119. The number of aryl methyl sites for hydroxylation is 1. The van der Waals surface area contributed by atoms with Crippen LogP contribution in [0.25, 0.3) is 0 Å². The van der Waals surface area contributed by atoms with Crippen molar-refractivity contribution in [2.75, 3.05) is 11.9 Å². The minimum atomic E-state index is -0.262. The van der Waals surface area contributed by atoms with Crippen molar-refractivity contribution in [3.05, 3.63) is 56.5 Å². The Morgan fingerprint density at radius 1 is 1.26 bits per heavy atom. The first kappa shape index (κ1) is 17.5.